The first-order valence-corrected chi connectivity index (χ1v) is 9.36. The average molecular weight is 281 g/mol. The van der Waals surface area contributed by atoms with Gasteiger partial charge >= 0.3 is 14.5 Å². The molecule has 110 valence electrons. The maximum atomic E-state index is 6.44. The van der Waals surface area contributed by atoms with Crippen molar-refractivity contribution in [2.45, 2.75) is 64.9 Å². The van der Waals surface area contributed by atoms with Crippen LogP contribution in [0.3, 0.4) is 0 Å². The Kier molecular flexibility index (Phi) is 8.70. The van der Waals surface area contributed by atoms with Crippen molar-refractivity contribution in [2.75, 3.05) is 7.05 Å². The highest BCUT2D eigenvalue weighted by atomic mass is 27.2. The number of nitrogens with zero attached hydrogens (tertiary/aromatic N) is 1. The zero-order valence-corrected chi connectivity index (χ0v) is 15.5. The van der Waals surface area contributed by atoms with Gasteiger partial charge in [-0.2, -0.15) is 0 Å². The highest BCUT2D eigenvalue weighted by Gasteiger charge is 2.33. The minimum atomic E-state index is -1.22. The van der Waals surface area contributed by atoms with Gasteiger partial charge in [-0.3, -0.25) is 4.99 Å². The van der Waals surface area contributed by atoms with Crippen molar-refractivity contribution >= 4 is 20.2 Å². The van der Waals surface area contributed by atoms with Crippen LogP contribution in [-0.2, 0) is 3.79 Å². The molecular weight excluding hydrogens is 249 g/mol. The maximum Gasteiger partial charge on any atom is 0.552 e. The van der Waals surface area contributed by atoms with Crippen LogP contribution in [0.1, 0.15) is 55.4 Å². The Bertz CT molecular complexity index is 309. The first-order chi connectivity index (χ1) is 8.70. The van der Waals surface area contributed by atoms with E-state index in [-0.39, 0.29) is 0 Å². The molecule has 0 aliphatic rings. The van der Waals surface area contributed by atoms with Gasteiger partial charge in [0.1, 0.15) is 0 Å². The largest absolute Gasteiger partial charge is 0.645 e. The van der Waals surface area contributed by atoms with Crippen LogP contribution >= 0.6 is 0 Å². The van der Waals surface area contributed by atoms with Crippen molar-refractivity contribution in [2.24, 2.45) is 16.8 Å². The molecule has 0 aliphatic carbocycles. The summed E-state index contributed by atoms with van der Waals surface area (Å²) in [6, 6.07) is 0. The molecule has 0 N–H and O–H groups in total. The van der Waals surface area contributed by atoms with Crippen LogP contribution in [0.15, 0.2) is 16.8 Å². The van der Waals surface area contributed by atoms with E-state index in [4.69, 9.17) is 3.79 Å². The van der Waals surface area contributed by atoms with E-state index in [2.05, 4.69) is 66.5 Å². The zero-order chi connectivity index (χ0) is 15.2. The molecule has 0 bridgehead atoms. The molecule has 0 rings (SSSR count). The first kappa shape index (κ1) is 18.7. The molecule has 0 spiro atoms. The van der Waals surface area contributed by atoms with E-state index < -0.39 is 14.5 Å². The Labute approximate surface area is 125 Å². The van der Waals surface area contributed by atoms with Gasteiger partial charge in [0.15, 0.2) is 0 Å². The second-order valence-corrected chi connectivity index (χ2v) is 10.4. The van der Waals surface area contributed by atoms with Gasteiger partial charge in [-0.1, -0.05) is 55.4 Å². The van der Waals surface area contributed by atoms with Gasteiger partial charge in [0.05, 0.1) is 5.76 Å². The number of hydrogen-bond donors (Lipinski definition) is 0. The fourth-order valence-electron chi connectivity index (χ4n) is 2.17. The van der Waals surface area contributed by atoms with Crippen LogP contribution in [0, 0.1) is 11.8 Å². The third-order valence-electron chi connectivity index (χ3n) is 3.30. The molecule has 0 aliphatic heterocycles. The molecule has 0 heterocycles. The van der Waals surface area contributed by atoms with E-state index in [1.165, 1.54) is 0 Å². The fraction of sp³-hybridized carbons (Fsp3) is 0.812. The quantitative estimate of drug-likeness (QED) is 0.362. The van der Waals surface area contributed by atoms with Crippen LogP contribution in [0.5, 0.6) is 0 Å². The lowest BCUT2D eigenvalue weighted by Gasteiger charge is -2.25. The lowest BCUT2D eigenvalue weighted by molar-refractivity contribution is 0.359. The first-order valence-electron chi connectivity index (χ1n) is 7.55. The second kappa shape index (κ2) is 8.82. The summed E-state index contributed by atoms with van der Waals surface area (Å²) in [5, 5.41) is 0. The van der Waals surface area contributed by atoms with Gasteiger partial charge in [0.25, 0.3) is 0 Å². The zero-order valence-electron chi connectivity index (χ0n) is 14.3. The predicted molar refractivity (Wildman–Crippen MR) is 88.2 cm³/mol. The standard InChI is InChI=1S/C10H19NO.2C3H7.Al/c1-7(2)9(11-5)6-10(12)8(3)4;2*1-3-2;/h6-8,12H,1-5H3;2*3H,1-2H3;/q;;;+1/p-1/b10-6-,11-9?;;;. The molecule has 0 radical (unpaired) electrons. The summed E-state index contributed by atoms with van der Waals surface area (Å²) in [5.74, 6) is 1.98. The van der Waals surface area contributed by atoms with E-state index in [1.54, 1.807) is 0 Å². The third-order valence-corrected chi connectivity index (χ3v) is 6.47. The van der Waals surface area contributed by atoms with Crippen molar-refractivity contribution < 1.29 is 3.79 Å². The van der Waals surface area contributed by atoms with E-state index in [9.17, 15) is 0 Å². The minimum absolute atomic E-state index is 0.419. The molecule has 0 saturated carbocycles. The van der Waals surface area contributed by atoms with Gasteiger partial charge in [-0.15, -0.1) is 0 Å². The summed E-state index contributed by atoms with van der Waals surface area (Å²) >= 11 is -1.22. The Morgan fingerprint density at radius 1 is 0.895 bits per heavy atom. The van der Waals surface area contributed by atoms with E-state index in [1.807, 2.05) is 7.05 Å². The van der Waals surface area contributed by atoms with Crippen molar-refractivity contribution in [3.05, 3.63) is 11.8 Å². The smallest absolute Gasteiger partial charge is 0.552 e. The van der Waals surface area contributed by atoms with E-state index >= 15 is 0 Å². The third kappa shape index (κ3) is 6.64. The van der Waals surface area contributed by atoms with Crippen molar-refractivity contribution in [1.29, 1.82) is 0 Å². The lowest BCUT2D eigenvalue weighted by atomic mass is 10.0. The molecule has 19 heavy (non-hydrogen) atoms. The molecule has 3 heteroatoms. The van der Waals surface area contributed by atoms with Crippen LogP contribution in [0.4, 0.5) is 0 Å². The number of hydrogen-bond acceptors (Lipinski definition) is 2. The van der Waals surface area contributed by atoms with Gasteiger partial charge in [-0.25, -0.2) is 0 Å². The summed E-state index contributed by atoms with van der Waals surface area (Å²) < 4.78 is 7.75. The molecule has 2 nitrogen and oxygen atoms in total. The predicted octanol–water partition coefficient (Wildman–Crippen LogP) is 5.08. The van der Waals surface area contributed by atoms with Gasteiger partial charge in [-0.05, 0) is 21.6 Å². The minimum Gasteiger partial charge on any atom is -0.645 e. The van der Waals surface area contributed by atoms with Crippen LogP contribution < -0.4 is 0 Å². The highest BCUT2D eigenvalue weighted by molar-refractivity contribution is 6.55. The summed E-state index contributed by atoms with van der Waals surface area (Å²) in [6.07, 6.45) is 2.17. The van der Waals surface area contributed by atoms with Gasteiger partial charge < -0.3 is 3.79 Å². The van der Waals surface area contributed by atoms with Gasteiger partial charge in [0, 0.05) is 18.7 Å². The van der Waals surface area contributed by atoms with Gasteiger partial charge in [0.2, 0.25) is 0 Å². The second-order valence-electron chi connectivity index (χ2n) is 6.58. The molecule has 0 saturated heterocycles. The summed E-state index contributed by atoms with van der Waals surface area (Å²) in [5.41, 5.74) is 1.13. The van der Waals surface area contributed by atoms with Crippen molar-refractivity contribution in [3.8, 4) is 0 Å². The number of allylic oxidation sites excluding steroid dienone is 2. The Morgan fingerprint density at radius 3 is 1.63 bits per heavy atom. The molecule has 0 fully saturated rings. The van der Waals surface area contributed by atoms with Crippen molar-refractivity contribution in [3.63, 3.8) is 0 Å². The summed E-state index contributed by atoms with van der Waals surface area (Å²) in [7, 11) is 1.86. The number of aliphatic imine (C=N–C) groups is 1. The molecule has 0 atom stereocenters. The molecule has 0 aromatic heterocycles. The van der Waals surface area contributed by atoms with E-state index in [0.29, 0.717) is 21.4 Å². The normalized spacial score (nSPS) is 13.9. The monoisotopic (exact) mass is 281 g/mol. The molecular formula is C16H32AlNO. The Hall–Kier alpha value is -0.258. The summed E-state index contributed by atoms with van der Waals surface area (Å²) in [4.78, 5) is 4.38. The Balaban J connectivity index is 5.18. The molecule has 0 unspecified atom stereocenters. The van der Waals surface area contributed by atoms with E-state index in [0.717, 1.165) is 11.5 Å². The molecule has 0 amide bonds. The number of rotatable bonds is 7. The molecule has 0 aromatic rings. The maximum absolute atomic E-state index is 6.44. The lowest BCUT2D eigenvalue weighted by Crippen LogP contribution is -2.27. The fourth-order valence-corrected chi connectivity index (χ4v) is 4.91. The summed E-state index contributed by atoms with van der Waals surface area (Å²) in [6.45, 7) is 17.9. The van der Waals surface area contributed by atoms with Crippen molar-refractivity contribution in [1.82, 2.24) is 0 Å². The van der Waals surface area contributed by atoms with Crippen LogP contribution in [-0.4, -0.2) is 27.2 Å². The highest BCUT2D eigenvalue weighted by Crippen LogP contribution is 2.26. The van der Waals surface area contributed by atoms with Crippen LogP contribution in [0.25, 0.3) is 0 Å². The SMILES string of the molecule is CN=C(/C=C(\[O][Al]([CH](C)C)[CH](C)C)C(C)C)C(C)C. The van der Waals surface area contributed by atoms with Crippen LogP contribution in [0.2, 0.25) is 9.56 Å². The average Bonchev–Trinajstić information content (AvgIpc) is 2.27. The topological polar surface area (TPSA) is 21.6 Å². The Morgan fingerprint density at radius 2 is 1.37 bits per heavy atom. The molecule has 0 aromatic carbocycles.